The molecule has 1 saturated carbocycles. The molecule has 1 aliphatic carbocycles. The Morgan fingerprint density at radius 3 is 2.69 bits per heavy atom. The van der Waals surface area contributed by atoms with Gasteiger partial charge >= 0.3 is 0 Å². The average Bonchev–Trinajstić information content (AvgIpc) is 3.45. The third kappa shape index (κ3) is 3.44. The first kappa shape index (κ1) is 17.0. The molecular weight excluding hydrogens is 331 g/mol. The van der Waals surface area contributed by atoms with Gasteiger partial charge in [-0.05, 0) is 54.7 Å². The Labute approximate surface area is 153 Å². The summed E-state index contributed by atoms with van der Waals surface area (Å²) in [6.45, 7) is 5.27. The van der Waals surface area contributed by atoms with Crippen LogP contribution in [0.25, 0.3) is 0 Å². The summed E-state index contributed by atoms with van der Waals surface area (Å²) >= 11 is 0. The molecule has 2 atom stereocenters. The van der Waals surface area contributed by atoms with Crippen molar-refractivity contribution in [2.75, 3.05) is 36.5 Å². The minimum Gasteiger partial charge on any atom is -0.378 e. The monoisotopic (exact) mass is 354 g/mol. The van der Waals surface area contributed by atoms with Gasteiger partial charge in [-0.25, -0.2) is 4.39 Å². The first-order valence-electron chi connectivity index (χ1n) is 9.12. The third-order valence-corrected chi connectivity index (χ3v) is 5.28. The summed E-state index contributed by atoms with van der Waals surface area (Å²) in [5.74, 6) is -0.409. The smallest absolute Gasteiger partial charge is 0.228 e. The van der Waals surface area contributed by atoms with Gasteiger partial charge in [0.25, 0.3) is 0 Å². The molecule has 1 N–H and O–H groups in total. The van der Waals surface area contributed by atoms with E-state index in [4.69, 9.17) is 4.74 Å². The maximum absolute atomic E-state index is 13.9. The topological polar surface area (TPSA) is 41.6 Å². The van der Waals surface area contributed by atoms with E-state index in [-0.39, 0.29) is 23.6 Å². The first-order valence-corrected chi connectivity index (χ1v) is 9.12. The number of nitrogens with one attached hydrogen (secondary N) is 1. The second-order valence-corrected chi connectivity index (χ2v) is 7.06. The van der Waals surface area contributed by atoms with Crippen molar-refractivity contribution in [3.05, 3.63) is 59.4 Å². The van der Waals surface area contributed by atoms with E-state index in [2.05, 4.69) is 16.3 Å². The van der Waals surface area contributed by atoms with Crippen LogP contribution >= 0.6 is 0 Å². The number of morpholine rings is 1. The zero-order chi connectivity index (χ0) is 18.1. The van der Waals surface area contributed by atoms with Crippen LogP contribution in [0.3, 0.4) is 0 Å². The van der Waals surface area contributed by atoms with E-state index in [0.717, 1.165) is 43.2 Å². The number of hydrogen-bond acceptors (Lipinski definition) is 3. The van der Waals surface area contributed by atoms with Crippen LogP contribution in [0.1, 0.15) is 23.5 Å². The number of hydrogen-bond donors (Lipinski definition) is 1. The van der Waals surface area contributed by atoms with Gasteiger partial charge in [0, 0.05) is 30.4 Å². The fourth-order valence-corrected chi connectivity index (χ4v) is 3.64. The number of rotatable bonds is 4. The molecule has 1 aliphatic heterocycles. The standard InChI is InChI=1S/C21H23FN2O2/c1-14-12-15(24-8-10-26-11-9-24)6-7-20(14)23-21(25)18-13-17(18)16-4-2-3-5-19(16)22/h2-7,12,17-18H,8-11,13H2,1H3,(H,23,25). The number of ether oxygens (including phenoxy) is 1. The van der Waals surface area contributed by atoms with Crippen LogP contribution in [0.15, 0.2) is 42.5 Å². The highest BCUT2D eigenvalue weighted by Crippen LogP contribution is 2.48. The molecule has 4 rings (SSSR count). The molecule has 2 aromatic rings. The fourth-order valence-electron chi connectivity index (χ4n) is 3.64. The van der Waals surface area contributed by atoms with Gasteiger partial charge in [-0.15, -0.1) is 0 Å². The van der Waals surface area contributed by atoms with Crippen molar-refractivity contribution in [2.45, 2.75) is 19.3 Å². The van der Waals surface area contributed by atoms with E-state index >= 15 is 0 Å². The molecule has 1 saturated heterocycles. The number of carbonyl (C=O) groups excluding carboxylic acids is 1. The highest BCUT2D eigenvalue weighted by atomic mass is 19.1. The van der Waals surface area contributed by atoms with Crippen molar-refractivity contribution in [3.63, 3.8) is 0 Å². The van der Waals surface area contributed by atoms with Gasteiger partial charge in [0.05, 0.1) is 13.2 Å². The van der Waals surface area contributed by atoms with Crippen molar-refractivity contribution >= 4 is 17.3 Å². The second-order valence-electron chi connectivity index (χ2n) is 7.06. The molecule has 26 heavy (non-hydrogen) atoms. The van der Waals surface area contributed by atoms with E-state index in [0.29, 0.717) is 12.0 Å². The summed E-state index contributed by atoms with van der Waals surface area (Å²) in [4.78, 5) is 14.8. The Morgan fingerprint density at radius 2 is 1.96 bits per heavy atom. The Kier molecular flexibility index (Phi) is 4.64. The minimum atomic E-state index is -0.223. The molecular formula is C21H23FN2O2. The number of halogens is 1. The zero-order valence-electron chi connectivity index (χ0n) is 14.9. The lowest BCUT2D eigenvalue weighted by Crippen LogP contribution is -2.36. The van der Waals surface area contributed by atoms with Gasteiger partial charge in [-0.1, -0.05) is 18.2 Å². The Bertz CT molecular complexity index is 817. The Morgan fingerprint density at radius 1 is 1.19 bits per heavy atom. The first-order chi connectivity index (χ1) is 12.6. The lowest BCUT2D eigenvalue weighted by Gasteiger charge is -2.29. The SMILES string of the molecule is Cc1cc(N2CCOCC2)ccc1NC(=O)C1CC1c1ccccc1F. The fraction of sp³-hybridized carbons (Fsp3) is 0.381. The van der Waals surface area contributed by atoms with E-state index in [1.54, 1.807) is 12.1 Å². The van der Waals surface area contributed by atoms with Crippen LogP contribution in [0.4, 0.5) is 15.8 Å². The predicted molar refractivity (Wildman–Crippen MR) is 100 cm³/mol. The summed E-state index contributed by atoms with van der Waals surface area (Å²) in [7, 11) is 0. The van der Waals surface area contributed by atoms with Crippen molar-refractivity contribution < 1.29 is 13.9 Å². The maximum Gasteiger partial charge on any atom is 0.228 e. The molecule has 0 bridgehead atoms. The summed E-state index contributed by atoms with van der Waals surface area (Å²) in [6, 6.07) is 12.8. The molecule has 0 radical (unpaired) electrons. The third-order valence-electron chi connectivity index (χ3n) is 5.28. The summed E-state index contributed by atoms with van der Waals surface area (Å²) in [5.41, 5.74) is 3.66. The molecule has 5 heteroatoms. The summed E-state index contributed by atoms with van der Waals surface area (Å²) in [5, 5.41) is 3.02. The van der Waals surface area contributed by atoms with Gasteiger partial charge in [-0.3, -0.25) is 4.79 Å². The van der Waals surface area contributed by atoms with Crippen molar-refractivity contribution in [1.82, 2.24) is 0 Å². The van der Waals surface area contributed by atoms with E-state index < -0.39 is 0 Å². The molecule has 0 aromatic heterocycles. The minimum absolute atomic E-state index is 0.0101. The number of anilines is 2. The molecule has 1 heterocycles. The maximum atomic E-state index is 13.9. The quantitative estimate of drug-likeness (QED) is 0.910. The predicted octanol–water partition coefficient (Wildman–Crippen LogP) is 3.71. The van der Waals surface area contributed by atoms with Crippen molar-refractivity contribution in [2.24, 2.45) is 5.92 Å². The van der Waals surface area contributed by atoms with Crippen LogP contribution in [0.2, 0.25) is 0 Å². The largest absolute Gasteiger partial charge is 0.378 e. The number of benzene rings is 2. The Balaban J connectivity index is 1.41. The molecule has 2 aliphatic rings. The number of amides is 1. The highest BCUT2D eigenvalue weighted by Gasteiger charge is 2.45. The van der Waals surface area contributed by atoms with Crippen molar-refractivity contribution in [3.8, 4) is 0 Å². The summed E-state index contributed by atoms with van der Waals surface area (Å²) < 4.78 is 19.3. The zero-order valence-corrected chi connectivity index (χ0v) is 14.9. The van der Waals surface area contributed by atoms with Crippen LogP contribution in [-0.2, 0) is 9.53 Å². The van der Waals surface area contributed by atoms with Gasteiger partial charge in [0.2, 0.25) is 5.91 Å². The molecule has 136 valence electrons. The number of carbonyl (C=O) groups is 1. The Hall–Kier alpha value is -2.40. The highest BCUT2D eigenvalue weighted by molar-refractivity contribution is 5.96. The van der Waals surface area contributed by atoms with Crippen LogP contribution in [0, 0.1) is 18.7 Å². The van der Waals surface area contributed by atoms with Gasteiger partial charge in [0.15, 0.2) is 0 Å². The van der Waals surface area contributed by atoms with E-state index in [9.17, 15) is 9.18 Å². The number of aryl methyl sites for hydroxylation is 1. The average molecular weight is 354 g/mol. The lowest BCUT2D eigenvalue weighted by molar-refractivity contribution is -0.117. The molecule has 2 fully saturated rings. The summed E-state index contributed by atoms with van der Waals surface area (Å²) in [6.07, 6.45) is 0.706. The van der Waals surface area contributed by atoms with Crippen LogP contribution < -0.4 is 10.2 Å². The lowest BCUT2D eigenvalue weighted by atomic mass is 10.1. The van der Waals surface area contributed by atoms with E-state index in [1.165, 1.54) is 6.07 Å². The molecule has 1 amide bonds. The molecule has 2 aromatic carbocycles. The van der Waals surface area contributed by atoms with Gasteiger partial charge < -0.3 is 15.0 Å². The molecule has 4 nitrogen and oxygen atoms in total. The van der Waals surface area contributed by atoms with Crippen LogP contribution in [-0.4, -0.2) is 32.2 Å². The molecule has 2 unspecified atom stereocenters. The van der Waals surface area contributed by atoms with Gasteiger partial charge in [0.1, 0.15) is 5.82 Å². The number of nitrogens with zero attached hydrogens (tertiary/aromatic N) is 1. The van der Waals surface area contributed by atoms with Crippen molar-refractivity contribution in [1.29, 1.82) is 0 Å². The van der Waals surface area contributed by atoms with Gasteiger partial charge in [-0.2, -0.15) is 0 Å². The normalized spacial score (nSPS) is 22.2. The second kappa shape index (κ2) is 7.08. The van der Waals surface area contributed by atoms with Crippen LogP contribution in [0.5, 0.6) is 0 Å². The molecule has 0 spiro atoms. The van der Waals surface area contributed by atoms with E-state index in [1.807, 2.05) is 25.1 Å².